The van der Waals surface area contributed by atoms with Gasteiger partial charge in [0.2, 0.25) is 10.0 Å². The van der Waals surface area contributed by atoms with Gasteiger partial charge >= 0.3 is 0 Å². The van der Waals surface area contributed by atoms with Crippen LogP contribution >= 0.6 is 0 Å². The zero-order valence-electron chi connectivity index (χ0n) is 10.9. The Morgan fingerprint density at radius 1 is 1.40 bits per heavy atom. The fourth-order valence-electron chi connectivity index (χ4n) is 2.24. The molecule has 1 aromatic carbocycles. The number of rotatable bonds is 5. The van der Waals surface area contributed by atoms with Crippen molar-refractivity contribution in [2.75, 3.05) is 19.6 Å². The van der Waals surface area contributed by atoms with E-state index in [1.807, 2.05) is 0 Å². The fraction of sp³-hybridized carbons (Fsp3) is 0.500. The van der Waals surface area contributed by atoms with Crippen LogP contribution in [0, 0.1) is 16.0 Å². The van der Waals surface area contributed by atoms with Gasteiger partial charge < -0.3 is 5.32 Å². The van der Waals surface area contributed by atoms with Crippen molar-refractivity contribution < 1.29 is 13.3 Å². The van der Waals surface area contributed by atoms with Gasteiger partial charge in [0.1, 0.15) is 0 Å². The second-order valence-corrected chi connectivity index (χ2v) is 6.52. The van der Waals surface area contributed by atoms with Gasteiger partial charge in [0, 0.05) is 12.6 Å². The van der Waals surface area contributed by atoms with Crippen LogP contribution < -0.4 is 10.0 Å². The van der Waals surface area contributed by atoms with E-state index in [2.05, 4.69) is 10.0 Å². The molecular formula is C12H17N3O4S. The van der Waals surface area contributed by atoms with Gasteiger partial charge in [0.05, 0.1) is 4.92 Å². The Hall–Kier alpha value is -1.51. The summed E-state index contributed by atoms with van der Waals surface area (Å²) in [7, 11) is -3.85. The Bertz CT molecular complexity index is 582. The highest BCUT2D eigenvalue weighted by atomic mass is 32.2. The largest absolute Gasteiger partial charge is 0.316 e. The van der Waals surface area contributed by atoms with Crippen molar-refractivity contribution in [3.05, 3.63) is 34.4 Å². The lowest BCUT2D eigenvalue weighted by atomic mass is 10.0. The van der Waals surface area contributed by atoms with Crippen molar-refractivity contribution in [1.29, 1.82) is 0 Å². The molecule has 1 atom stereocenters. The number of hydrogen-bond acceptors (Lipinski definition) is 5. The number of hydrogen-bond donors (Lipinski definition) is 2. The third-order valence-corrected chi connectivity index (χ3v) is 4.78. The summed E-state index contributed by atoms with van der Waals surface area (Å²) in [5.41, 5.74) is -0.401. The number of piperidine rings is 1. The Kier molecular flexibility index (Phi) is 4.69. The minimum absolute atomic E-state index is 0.223. The second kappa shape index (κ2) is 6.29. The van der Waals surface area contributed by atoms with Crippen molar-refractivity contribution in [1.82, 2.24) is 10.0 Å². The number of nitrogens with zero attached hydrogens (tertiary/aromatic N) is 1. The van der Waals surface area contributed by atoms with Gasteiger partial charge in [-0.1, -0.05) is 12.1 Å². The van der Waals surface area contributed by atoms with Gasteiger partial charge in [0.15, 0.2) is 4.90 Å². The van der Waals surface area contributed by atoms with E-state index in [0.29, 0.717) is 6.54 Å². The van der Waals surface area contributed by atoms with Gasteiger partial charge in [-0.3, -0.25) is 10.1 Å². The Balaban J connectivity index is 2.12. The van der Waals surface area contributed by atoms with Crippen LogP contribution in [0.2, 0.25) is 0 Å². The minimum atomic E-state index is -3.85. The lowest BCUT2D eigenvalue weighted by Gasteiger charge is -2.22. The first-order valence-corrected chi connectivity index (χ1v) is 7.93. The van der Waals surface area contributed by atoms with Crippen LogP contribution in [-0.2, 0) is 10.0 Å². The predicted molar refractivity (Wildman–Crippen MR) is 73.9 cm³/mol. The Morgan fingerprint density at radius 2 is 2.15 bits per heavy atom. The third kappa shape index (κ3) is 3.53. The standard InChI is InChI=1S/C12H17N3O4S/c16-15(17)11-5-1-2-6-12(11)20(18,19)14-9-10-4-3-7-13-8-10/h1-2,5-6,10,13-14H,3-4,7-9H2. The Morgan fingerprint density at radius 3 is 2.80 bits per heavy atom. The average Bonchev–Trinajstić information content (AvgIpc) is 2.46. The molecule has 2 N–H and O–H groups in total. The minimum Gasteiger partial charge on any atom is -0.316 e. The normalized spacial score (nSPS) is 19.7. The van der Waals surface area contributed by atoms with Gasteiger partial charge in [-0.15, -0.1) is 0 Å². The van der Waals surface area contributed by atoms with Gasteiger partial charge in [-0.2, -0.15) is 0 Å². The maximum absolute atomic E-state index is 12.2. The monoisotopic (exact) mass is 299 g/mol. The summed E-state index contributed by atoms with van der Waals surface area (Å²) in [6, 6.07) is 5.36. The summed E-state index contributed by atoms with van der Waals surface area (Å²) in [5, 5.41) is 14.1. The molecular weight excluding hydrogens is 282 g/mol. The molecule has 1 aliphatic heterocycles. The third-order valence-electron chi connectivity index (χ3n) is 3.31. The first-order chi connectivity index (χ1) is 9.50. The molecule has 0 saturated carbocycles. The first kappa shape index (κ1) is 14.9. The number of sulfonamides is 1. The molecule has 0 amide bonds. The van der Waals surface area contributed by atoms with E-state index in [0.717, 1.165) is 25.9 Å². The highest BCUT2D eigenvalue weighted by Gasteiger charge is 2.26. The van der Waals surface area contributed by atoms with Crippen LogP contribution in [0.25, 0.3) is 0 Å². The van der Waals surface area contributed by atoms with Crippen LogP contribution in [0.4, 0.5) is 5.69 Å². The van der Waals surface area contributed by atoms with E-state index in [1.54, 1.807) is 0 Å². The topological polar surface area (TPSA) is 101 Å². The molecule has 110 valence electrons. The molecule has 0 bridgehead atoms. The van der Waals surface area contributed by atoms with E-state index in [1.165, 1.54) is 24.3 Å². The van der Waals surface area contributed by atoms with E-state index in [-0.39, 0.29) is 10.8 Å². The summed E-state index contributed by atoms with van der Waals surface area (Å²) < 4.78 is 26.8. The summed E-state index contributed by atoms with van der Waals surface area (Å²) >= 11 is 0. The molecule has 0 radical (unpaired) electrons. The van der Waals surface area contributed by atoms with Crippen molar-refractivity contribution >= 4 is 15.7 Å². The van der Waals surface area contributed by atoms with Crippen LogP contribution in [0.5, 0.6) is 0 Å². The van der Waals surface area contributed by atoms with Gasteiger partial charge in [-0.05, 0) is 37.9 Å². The van der Waals surface area contributed by atoms with Crippen LogP contribution in [0.1, 0.15) is 12.8 Å². The molecule has 7 nitrogen and oxygen atoms in total. The first-order valence-electron chi connectivity index (χ1n) is 6.44. The number of nitro groups is 1. The van der Waals surface area contributed by atoms with Crippen LogP contribution in [-0.4, -0.2) is 33.0 Å². The average molecular weight is 299 g/mol. The van der Waals surface area contributed by atoms with Gasteiger partial charge in [-0.25, -0.2) is 13.1 Å². The smallest absolute Gasteiger partial charge is 0.289 e. The molecule has 20 heavy (non-hydrogen) atoms. The van der Waals surface area contributed by atoms with E-state index >= 15 is 0 Å². The molecule has 1 saturated heterocycles. The molecule has 0 aromatic heterocycles. The molecule has 8 heteroatoms. The van der Waals surface area contributed by atoms with Crippen LogP contribution in [0.15, 0.2) is 29.2 Å². The molecule has 1 aromatic rings. The number of nitrogens with one attached hydrogen (secondary N) is 2. The van der Waals surface area contributed by atoms with Crippen molar-refractivity contribution in [3.8, 4) is 0 Å². The quantitative estimate of drug-likeness (QED) is 0.620. The lowest BCUT2D eigenvalue weighted by Crippen LogP contribution is -2.38. The maximum Gasteiger partial charge on any atom is 0.289 e. The van der Waals surface area contributed by atoms with Crippen molar-refractivity contribution in [3.63, 3.8) is 0 Å². The molecule has 2 rings (SSSR count). The highest BCUT2D eigenvalue weighted by molar-refractivity contribution is 7.89. The number of benzene rings is 1. The van der Waals surface area contributed by atoms with Gasteiger partial charge in [0.25, 0.3) is 5.69 Å². The zero-order chi connectivity index (χ0) is 14.6. The SMILES string of the molecule is O=[N+]([O-])c1ccccc1S(=O)(=O)NCC1CCCNC1. The molecule has 1 fully saturated rings. The molecule has 1 unspecified atom stereocenters. The summed E-state index contributed by atoms with van der Waals surface area (Å²) in [5.74, 6) is 0.223. The molecule has 1 aliphatic rings. The van der Waals surface area contributed by atoms with E-state index < -0.39 is 20.6 Å². The summed E-state index contributed by atoms with van der Waals surface area (Å²) in [6.07, 6.45) is 1.96. The molecule has 1 heterocycles. The Labute approximate surface area is 117 Å². The summed E-state index contributed by atoms with van der Waals surface area (Å²) in [6.45, 7) is 2.01. The highest BCUT2D eigenvalue weighted by Crippen LogP contribution is 2.22. The maximum atomic E-state index is 12.2. The number of nitro benzene ring substituents is 1. The van der Waals surface area contributed by atoms with Crippen LogP contribution in [0.3, 0.4) is 0 Å². The molecule has 0 aliphatic carbocycles. The molecule has 0 spiro atoms. The second-order valence-electron chi connectivity index (χ2n) is 4.79. The predicted octanol–water partition coefficient (Wildman–Crippen LogP) is 0.873. The number of para-hydroxylation sites is 1. The van der Waals surface area contributed by atoms with E-state index in [9.17, 15) is 18.5 Å². The van der Waals surface area contributed by atoms with Crippen molar-refractivity contribution in [2.45, 2.75) is 17.7 Å². The lowest BCUT2D eigenvalue weighted by molar-refractivity contribution is -0.387. The summed E-state index contributed by atoms with van der Waals surface area (Å²) in [4.78, 5) is 9.91. The van der Waals surface area contributed by atoms with E-state index in [4.69, 9.17) is 0 Å². The zero-order valence-corrected chi connectivity index (χ0v) is 11.7. The van der Waals surface area contributed by atoms with Crippen molar-refractivity contribution in [2.24, 2.45) is 5.92 Å². The fourth-order valence-corrected chi connectivity index (χ4v) is 3.53.